The third-order valence-electron chi connectivity index (χ3n) is 2.65. The van der Waals surface area contributed by atoms with E-state index >= 15 is 0 Å². The van der Waals surface area contributed by atoms with Gasteiger partial charge in [0.05, 0.1) is 12.6 Å². The molecule has 1 aliphatic rings. The van der Waals surface area contributed by atoms with Gasteiger partial charge in [0, 0.05) is 12.1 Å². The van der Waals surface area contributed by atoms with Crippen molar-refractivity contribution >= 4 is 12.1 Å². The minimum absolute atomic E-state index is 0.171. The third-order valence-corrected chi connectivity index (χ3v) is 2.65. The first kappa shape index (κ1) is 14.3. The largest absolute Gasteiger partial charge is 0.463 e. The molecule has 5 nitrogen and oxygen atoms in total. The van der Waals surface area contributed by atoms with Crippen molar-refractivity contribution in [1.29, 1.82) is 0 Å². The van der Waals surface area contributed by atoms with E-state index in [9.17, 15) is 9.59 Å². The number of esters is 1. The molecule has 0 unspecified atom stereocenters. The molecule has 1 heterocycles. The highest BCUT2D eigenvalue weighted by Gasteiger charge is 2.26. The average Bonchev–Trinajstić information content (AvgIpc) is 2.36. The van der Waals surface area contributed by atoms with Gasteiger partial charge in [0.2, 0.25) is 0 Å². The predicted octanol–water partition coefficient (Wildman–Crippen LogP) is 1.89. The van der Waals surface area contributed by atoms with E-state index in [2.05, 4.69) is 6.58 Å². The van der Waals surface area contributed by atoms with Crippen molar-refractivity contribution in [3.63, 3.8) is 0 Å². The van der Waals surface area contributed by atoms with Gasteiger partial charge in [0.15, 0.2) is 0 Å². The number of hydrogen-bond donors (Lipinski definition) is 0. The third kappa shape index (κ3) is 3.61. The average molecular weight is 253 g/mol. The van der Waals surface area contributed by atoms with Gasteiger partial charge in [0.1, 0.15) is 6.61 Å². The summed E-state index contributed by atoms with van der Waals surface area (Å²) >= 11 is 0. The molecule has 0 radical (unpaired) electrons. The standard InChI is InChI=1S/C13H19NO4/c1-4-8-18-13(16)14-7-6-11(9-10(14)3)12(15)17-5-2/h4,9-10H,1,5-8H2,2-3H3/t10-/m0/s1. The van der Waals surface area contributed by atoms with E-state index in [-0.39, 0.29) is 24.7 Å². The molecule has 5 heteroatoms. The van der Waals surface area contributed by atoms with Gasteiger partial charge in [-0.05, 0) is 20.3 Å². The fourth-order valence-corrected chi connectivity index (χ4v) is 1.77. The Morgan fingerprint density at radius 2 is 2.28 bits per heavy atom. The van der Waals surface area contributed by atoms with Gasteiger partial charge in [-0.25, -0.2) is 9.59 Å². The van der Waals surface area contributed by atoms with Crippen LogP contribution in [0.2, 0.25) is 0 Å². The summed E-state index contributed by atoms with van der Waals surface area (Å²) in [4.78, 5) is 24.8. The topological polar surface area (TPSA) is 55.8 Å². The lowest BCUT2D eigenvalue weighted by molar-refractivity contribution is -0.138. The molecule has 1 aliphatic heterocycles. The summed E-state index contributed by atoms with van der Waals surface area (Å²) in [5.74, 6) is -0.302. The van der Waals surface area contributed by atoms with Crippen LogP contribution < -0.4 is 0 Å². The zero-order valence-electron chi connectivity index (χ0n) is 10.8. The zero-order valence-corrected chi connectivity index (χ0v) is 10.8. The van der Waals surface area contributed by atoms with Gasteiger partial charge < -0.3 is 14.4 Å². The van der Waals surface area contributed by atoms with Crippen LogP contribution in [0.5, 0.6) is 0 Å². The molecule has 0 saturated carbocycles. The highest BCUT2D eigenvalue weighted by Crippen LogP contribution is 2.18. The van der Waals surface area contributed by atoms with E-state index in [0.717, 1.165) is 0 Å². The predicted molar refractivity (Wildman–Crippen MR) is 67.0 cm³/mol. The van der Waals surface area contributed by atoms with E-state index in [0.29, 0.717) is 25.1 Å². The Morgan fingerprint density at radius 3 is 2.83 bits per heavy atom. The Morgan fingerprint density at radius 1 is 1.56 bits per heavy atom. The first-order valence-electron chi connectivity index (χ1n) is 6.02. The second-order valence-electron chi connectivity index (χ2n) is 3.96. The highest BCUT2D eigenvalue weighted by atomic mass is 16.6. The van der Waals surface area contributed by atoms with Crippen LogP contribution in [0.4, 0.5) is 4.79 Å². The quantitative estimate of drug-likeness (QED) is 0.567. The number of carbonyl (C=O) groups is 2. The first-order chi connectivity index (χ1) is 8.60. The van der Waals surface area contributed by atoms with Crippen LogP contribution in [-0.2, 0) is 14.3 Å². The van der Waals surface area contributed by atoms with Crippen LogP contribution in [0.15, 0.2) is 24.3 Å². The van der Waals surface area contributed by atoms with Gasteiger partial charge in [-0.2, -0.15) is 0 Å². The second-order valence-corrected chi connectivity index (χ2v) is 3.96. The van der Waals surface area contributed by atoms with Crippen molar-refractivity contribution in [1.82, 2.24) is 4.90 Å². The molecule has 0 spiro atoms. The minimum atomic E-state index is -0.387. The van der Waals surface area contributed by atoms with Gasteiger partial charge >= 0.3 is 12.1 Å². The van der Waals surface area contributed by atoms with Gasteiger partial charge in [-0.1, -0.05) is 18.7 Å². The summed E-state index contributed by atoms with van der Waals surface area (Å²) in [7, 11) is 0. The number of nitrogens with zero attached hydrogens (tertiary/aromatic N) is 1. The molecule has 0 aliphatic carbocycles. The Balaban J connectivity index is 2.62. The Labute approximate surface area is 107 Å². The lowest BCUT2D eigenvalue weighted by atomic mass is 10.0. The van der Waals surface area contributed by atoms with Crippen LogP contribution in [0.25, 0.3) is 0 Å². The Bertz CT molecular complexity index is 362. The van der Waals surface area contributed by atoms with Crippen LogP contribution >= 0.6 is 0 Å². The number of carbonyl (C=O) groups excluding carboxylic acids is 2. The molecular weight excluding hydrogens is 234 g/mol. The molecule has 0 aromatic rings. The number of amides is 1. The van der Waals surface area contributed by atoms with E-state index in [1.54, 1.807) is 17.9 Å². The van der Waals surface area contributed by atoms with Crippen molar-refractivity contribution in [3.8, 4) is 0 Å². The fraction of sp³-hybridized carbons (Fsp3) is 0.538. The number of ether oxygens (including phenoxy) is 2. The molecule has 100 valence electrons. The van der Waals surface area contributed by atoms with Crippen molar-refractivity contribution in [2.45, 2.75) is 26.3 Å². The molecule has 1 rings (SSSR count). The van der Waals surface area contributed by atoms with Crippen LogP contribution in [0.3, 0.4) is 0 Å². The van der Waals surface area contributed by atoms with Gasteiger partial charge in [0.25, 0.3) is 0 Å². The summed E-state index contributed by atoms with van der Waals surface area (Å²) in [6.07, 6.45) is 3.37. The summed E-state index contributed by atoms with van der Waals surface area (Å²) in [5, 5.41) is 0. The minimum Gasteiger partial charge on any atom is -0.463 e. The van der Waals surface area contributed by atoms with Crippen LogP contribution in [0.1, 0.15) is 20.3 Å². The first-order valence-corrected chi connectivity index (χ1v) is 6.02. The molecule has 1 amide bonds. The van der Waals surface area contributed by atoms with Crippen molar-refractivity contribution < 1.29 is 19.1 Å². The monoisotopic (exact) mass is 253 g/mol. The van der Waals surface area contributed by atoms with E-state index in [1.807, 2.05) is 6.92 Å². The number of hydrogen-bond acceptors (Lipinski definition) is 4. The van der Waals surface area contributed by atoms with Crippen molar-refractivity contribution in [2.75, 3.05) is 19.8 Å². The number of rotatable bonds is 4. The summed E-state index contributed by atoms with van der Waals surface area (Å²) in [5.41, 5.74) is 0.622. The molecule has 0 aromatic heterocycles. The Hall–Kier alpha value is -1.78. The highest BCUT2D eigenvalue weighted by molar-refractivity contribution is 5.89. The SMILES string of the molecule is C=CCOC(=O)N1CCC(C(=O)OCC)=C[C@@H]1C. The van der Waals surface area contributed by atoms with Crippen LogP contribution in [-0.4, -0.2) is 42.8 Å². The Kier molecular flexibility index (Phi) is 5.42. The van der Waals surface area contributed by atoms with Gasteiger partial charge in [-0.15, -0.1) is 0 Å². The molecule has 0 fully saturated rings. The summed E-state index contributed by atoms with van der Waals surface area (Å²) < 4.78 is 9.90. The van der Waals surface area contributed by atoms with Gasteiger partial charge in [-0.3, -0.25) is 0 Å². The maximum atomic E-state index is 11.7. The van der Waals surface area contributed by atoms with E-state index in [4.69, 9.17) is 9.47 Å². The molecule has 0 aromatic carbocycles. The van der Waals surface area contributed by atoms with E-state index in [1.165, 1.54) is 6.08 Å². The zero-order chi connectivity index (χ0) is 13.5. The smallest absolute Gasteiger partial charge is 0.410 e. The maximum absolute atomic E-state index is 11.7. The van der Waals surface area contributed by atoms with Crippen LogP contribution in [0, 0.1) is 0 Å². The summed E-state index contributed by atoms with van der Waals surface area (Å²) in [6.45, 7) is 8.10. The lowest BCUT2D eigenvalue weighted by Crippen LogP contribution is -2.42. The fourth-order valence-electron chi connectivity index (χ4n) is 1.77. The molecule has 0 saturated heterocycles. The summed E-state index contributed by atoms with van der Waals surface area (Å²) in [6, 6.07) is -0.171. The molecule has 0 N–H and O–H groups in total. The van der Waals surface area contributed by atoms with Crippen molar-refractivity contribution in [2.24, 2.45) is 0 Å². The normalized spacial score (nSPS) is 18.9. The molecule has 18 heavy (non-hydrogen) atoms. The van der Waals surface area contributed by atoms with Crippen molar-refractivity contribution in [3.05, 3.63) is 24.3 Å². The second kappa shape index (κ2) is 6.83. The van der Waals surface area contributed by atoms with E-state index < -0.39 is 0 Å². The molecule has 0 bridgehead atoms. The molecular formula is C13H19NO4. The molecule has 1 atom stereocenters. The maximum Gasteiger partial charge on any atom is 0.410 e. The lowest BCUT2D eigenvalue weighted by Gasteiger charge is -2.30.